The van der Waals surface area contributed by atoms with Gasteiger partial charge in [-0.1, -0.05) is 0 Å². The van der Waals surface area contributed by atoms with Crippen molar-refractivity contribution >= 4 is 0 Å². The zero-order valence-corrected chi connectivity index (χ0v) is 11.4. The molecule has 21 heavy (non-hydrogen) atoms. The van der Waals surface area contributed by atoms with E-state index >= 15 is 0 Å². The predicted octanol–water partition coefficient (Wildman–Crippen LogP) is 3.44. The van der Waals surface area contributed by atoms with Crippen LogP contribution in [0.3, 0.4) is 0 Å². The van der Waals surface area contributed by atoms with Crippen molar-refractivity contribution in [1.29, 1.82) is 5.26 Å². The summed E-state index contributed by atoms with van der Waals surface area (Å²) in [6, 6.07) is 9.46. The van der Waals surface area contributed by atoms with Gasteiger partial charge in [0.1, 0.15) is 24.0 Å². The third-order valence-electron chi connectivity index (χ3n) is 3.03. The number of ether oxygens (including phenoxy) is 1. The Hall–Kier alpha value is -2.45. The number of nitriles is 1. The lowest BCUT2D eigenvalue weighted by atomic mass is 10.1. The first-order valence-corrected chi connectivity index (χ1v) is 6.37. The van der Waals surface area contributed by atoms with Gasteiger partial charge in [-0.15, -0.1) is 0 Å². The van der Waals surface area contributed by atoms with Crippen LogP contribution in [0.2, 0.25) is 0 Å². The minimum Gasteiger partial charge on any atom is -0.489 e. The maximum Gasteiger partial charge on any atom is 0.124 e. The van der Waals surface area contributed by atoms with Crippen LogP contribution < -0.4 is 10.5 Å². The van der Waals surface area contributed by atoms with E-state index in [2.05, 4.69) is 0 Å². The van der Waals surface area contributed by atoms with Crippen LogP contribution in [0.4, 0.5) is 8.78 Å². The highest BCUT2D eigenvalue weighted by Crippen LogP contribution is 2.26. The van der Waals surface area contributed by atoms with Crippen molar-refractivity contribution in [2.24, 2.45) is 5.73 Å². The van der Waals surface area contributed by atoms with Crippen molar-refractivity contribution in [3.63, 3.8) is 0 Å². The topological polar surface area (TPSA) is 59.0 Å². The summed E-state index contributed by atoms with van der Waals surface area (Å²) >= 11 is 0. The number of nitrogens with zero attached hydrogens (tertiary/aromatic N) is 1. The van der Waals surface area contributed by atoms with Gasteiger partial charge in [0.15, 0.2) is 0 Å². The smallest absolute Gasteiger partial charge is 0.124 e. The normalized spacial score (nSPS) is 11.8. The van der Waals surface area contributed by atoms with E-state index in [1.165, 1.54) is 36.4 Å². The van der Waals surface area contributed by atoms with E-state index in [1.54, 1.807) is 6.92 Å². The van der Waals surface area contributed by atoms with Crippen molar-refractivity contribution in [1.82, 2.24) is 0 Å². The van der Waals surface area contributed by atoms with Gasteiger partial charge in [-0.3, -0.25) is 0 Å². The summed E-state index contributed by atoms with van der Waals surface area (Å²) in [5, 5.41) is 8.99. The standard InChI is InChI=1S/C16H14F2N2O/c1-10(20)15-7-14(18)4-5-16(15)21-9-12-6-13(17)3-2-11(12)8-19/h2-7,10H,9,20H2,1H3/t10-/m1/s1. The molecule has 0 radical (unpaired) electrons. The zero-order valence-electron chi connectivity index (χ0n) is 11.4. The molecule has 0 bridgehead atoms. The maximum atomic E-state index is 13.2. The van der Waals surface area contributed by atoms with Crippen LogP contribution in [-0.4, -0.2) is 0 Å². The highest BCUT2D eigenvalue weighted by Gasteiger charge is 2.11. The fourth-order valence-corrected chi connectivity index (χ4v) is 1.95. The van der Waals surface area contributed by atoms with E-state index in [9.17, 15) is 8.78 Å². The van der Waals surface area contributed by atoms with Gasteiger partial charge in [-0.25, -0.2) is 8.78 Å². The molecule has 0 aliphatic heterocycles. The monoisotopic (exact) mass is 288 g/mol. The Morgan fingerprint density at radius 1 is 1.19 bits per heavy atom. The molecule has 0 amide bonds. The molecule has 2 N–H and O–H groups in total. The van der Waals surface area contributed by atoms with E-state index in [1.807, 2.05) is 6.07 Å². The van der Waals surface area contributed by atoms with Crippen molar-refractivity contribution < 1.29 is 13.5 Å². The second-order valence-electron chi connectivity index (χ2n) is 4.67. The molecule has 3 nitrogen and oxygen atoms in total. The molecule has 0 aliphatic carbocycles. The molecule has 0 spiro atoms. The molecule has 0 saturated heterocycles. The predicted molar refractivity (Wildman–Crippen MR) is 74.4 cm³/mol. The Bertz CT molecular complexity index is 693. The zero-order chi connectivity index (χ0) is 15.4. The molecule has 2 rings (SSSR count). The largest absolute Gasteiger partial charge is 0.489 e. The molecule has 2 aromatic rings. The molecule has 1 atom stereocenters. The SMILES string of the molecule is C[C@@H](N)c1cc(F)ccc1OCc1cc(F)ccc1C#N. The van der Waals surface area contributed by atoms with Gasteiger partial charge in [0.2, 0.25) is 0 Å². The molecule has 108 valence electrons. The molecular weight excluding hydrogens is 274 g/mol. The minimum absolute atomic E-state index is 0.00596. The molecular formula is C16H14F2N2O. The quantitative estimate of drug-likeness (QED) is 0.937. The fourth-order valence-electron chi connectivity index (χ4n) is 1.95. The summed E-state index contributed by atoms with van der Waals surface area (Å²) in [4.78, 5) is 0. The van der Waals surface area contributed by atoms with Crippen molar-refractivity contribution in [3.8, 4) is 11.8 Å². The summed E-state index contributed by atoms with van der Waals surface area (Å²) in [7, 11) is 0. The van der Waals surface area contributed by atoms with Crippen LogP contribution in [0.15, 0.2) is 36.4 Å². The Kier molecular flexibility index (Phi) is 4.51. The lowest BCUT2D eigenvalue weighted by Gasteiger charge is -2.14. The number of benzene rings is 2. The lowest BCUT2D eigenvalue weighted by Crippen LogP contribution is -2.09. The Morgan fingerprint density at radius 2 is 1.86 bits per heavy atom. The lowest BCUT2D eigenvalue weighted by molar-refractivity contribution is 0.300. The van der Waals surface area contributed by atoms with E-state index in [0.29, 0.717) is 22.4 Å². The van der Waals surface area contributed by atoms with Crippen LogP contribution in [-0.2, 0) is 6.61 Å². The van der Waals surface area contributed by atoms with Crippen LogP contribution in [0.1, 0.15) is 29.7 Å². The van der Waals surface area contributed by atoms with Crippen molar-refractivity contribution in [2.45, 2.75) is 19.6 Å². The van der Waals surface area contributed by atoms with Gasteiger partial charge in [-0.2, -0.15) is 5.26 Å². The van der Waals surface area contributed by atoms with Gasteiger partial charge >= 0.3 is 0 Å². The summed E-state index contributed by atoms with van der Waals surface area (Å²) in [5.41, 5.74) is 7.05. The van der Waals surface area contributed by atoms with E-state index in [4.69, 9.17) is 15.7 Å². The number of nitrogens with two attached hydrogens (primary N) is 1. The molecule has 2 aromatic carbocycles. The average molecular weight is 288 g/mol. The highest BCUT2D eigenvalue weighted by molar-refractivity contribution is 5.39. The Labute approximate surface area is 121 Å². The average Bonchev–Trinajstić information content (AvgIpc) is 2.46. The maximum absolute atomic E-state index is 13.2. The number of hydrogen-bond donors (Lipinski definition) is 1. The molecule has 0 heterocycles. The summed E-state index contributed by atoms with van der Waals surface area (Å²) in [6.45, 7) is 1.72. The van der Waals surface area contributed by atoms with Crippen LogP contribution in [0.5, 0.6) is 5.75 Å². The van der Waals surface area contributed by atoms with Gasteiger partial charge in [0.05, 0.1) is 11.6 Å². The van der Waals surface area contributed by atoms with Crippen LogP contribution in [0.25, 0.3) is 0 Å². The van der Waals surface area contributed by atoms with Crippen molar-refractivity contribution in [3.05, 3.63) is 64.7 Å². The fraction of sp³-hybridized carbons (Fsp3) is 0.188. The third-order valence-corrected chi connectivity index (χ3v) is 3.03. The molecule has 5 heteroatoms. The van der Waals surface area contributed by atoms with E-state index in [0.717, 1.165) is 0 Å². The first-order chi connectivity index (χ1) is 10.0. The highest BCUT2D eigenvalue weighted by atomic mass is 19.1. The Morgan fingerprint density at radius 3 is 2.52 bits per heavy atom. The minimum atomic E-state index is -0.445. The van der Waals surface area contributed by atoms with Gasteiger partial charge in [-0.05, 0) is 43.3 Å². The Balaban J connectivity index is 2.25. The van der Waals surface area contributed by atoms with Crippen molar-refractivity contribution in [2.75, 3.05) is 0 Å². The molecule has 0 aliphatic rings. The first kappa shape index (κ1) is 14.9. The first-order valence-electron chi connectivity index (χ1n) is 6.37. The molecule has 0 saturated carbocycles. The molecule has 0 unspecified atom stereocenters. The van der Waals surface area contributed by atoms with E-state index < -0.39 is 17.7 Å². The number of rotatable bonds is 4. The van der Waals surface area contributed by atoms with E-state index in [-0.39, 0.29) is 6.61 Å². The number of hydrogen-bond acceptors (Lipinski definition) is 3. The number of halogens is 2. The molecule has 0 aromatic heterocycles. The summed E-state index contributed by atoms with van der Waals surface area (Å²) in [6.07, 6.45) is 0. The van der Waals surface area contributed by atoms with Crippen LogP contribution >= 0.6 is 0 Å². The summed E-state index contributed by atoms with van der Waals surface area (Å²) in [5.74, 6) is -0.434. The second kappa shape index (κ2) is 6.33. The van der Waals surface area contributed by atoms with Gasteiger partial charge in [0.25, 0.3) is 0 Å². The van der Waals surface area contributed by atoms with Gasteiger partial charge in [0, 0.05) is 17.2 Å². The molecule has 0 fully saturated rings. The second-order valence-corrected chi connectivity index (χ2v) is 4.67. The third kappa shape index (κ3) is 3.56. The summed E-state index contributed by atoms with van der Waals surface area (Å²) < 4.78 is 32.0. The van der Waals surface area contributed by atoms with Gasteiger partial charge < -0.3 is 10.5 Å². The van der Waals surface area contributed by atoms with Crippen LogP contribution in [0, 0.1) is 23.0 Å².